The first-order chi connectivity index (χ1) is 12.3. The zero-order chi connectivity index (χ0) is 17.7. The van der Waals surface area contributed by atoms with Gasteiger partial charge in [0, 0.05) is 33.4 Å². The predicted octanol–water partition coefficient (Wildman–Crippen LogP) is 2.48. The van der Waals surface area contributed by atoms with Crippen molar-refractivity contribution in [1.29, 1.82) is 0 Å². The third kappa shape index (κ3) is 9.71. The molecule has 0 aromatic carbocycles. The first-order valence-corrected chi connectivity index (χ1v) is 10.2. The van der Waals surface area contributed by atoms with Crippen molar-refractivity contribution in [2.75, 3.05) is 59.6 Å². The van der Waals surface area contributed by atoms with Crippen molar-refractivity contribution < 1.29 is 9.47 Å². The van der Waals surface area contributed by atoms with Crippen LogP contribution in [0.5, 0.6) is 0 Å². The van der Waals surface area contributed by atoms with Crippen LogP contribution in [0.3, 0.4) is 0 Å². The van der Waals surface area contributed by atoms with E-state index in [1.807, 2.05) is 7.05 Å². The summed E-state index contributed by atoms with van der Waals surface area (Å²) in [7, 11) is 1.84. The first-order valence-electron chi connectivity index (χ1n) is 10.2. The minimum absolute atomic E-state index is 0. The van der Waals surface area contributed by atoms with Crippen molar-refractivity contribution in [2.45, 2.75) is 51.6 Å². The Morgan fingerprint density at radius 3 is 2.69 bits per heavy atom. The van der Waals surface area contributed by atoms with E-state index < -0.39 is 0 Å². The van der Waals surface area contributed by atoms with Crippen LogP contribution in [-0.4, -0.2) is 76.6 Å². The lowest BCUT2D eigenvalue weighted by atomic mass is 9.97. The number of piperidine rings is 1. The number of rotatable bonds is 10. The Kier molecular flexibility index (Phi) is 13.7. The maximum atomic E-state index is 5.69. The highest BCUT2D eigenvalue weighted by molar-refractivity contribution is 14.0. The van der Waals surface area contributed by atoms with E-state index in [0.29, 0.717) is 6.10 Å². The van der Waals surface area contributed by atoms with E-state index in [1.54, 1.807) is 0 Å². The van der Waals surface area contributed by atoms with Crippen LogP contribution in [0.2, 0.25) is 0 Å². The number of aliphatic imine (C=N–C) groups is 1. The van der Waals surface area contributed by atoms with Crippen LogP contribution in [0.15, 0.2) is 4.99 Å². The number of nitrogens with one attached hydrogen (secondary N) is 2. The number of likely N-dealkylation sites (tertiary alicyclic amines) is 1. The van der Waals surface area contributed by atoms with Crippen molar-refractivity contribution in [3.8, 4) is 0 Å². The summed E-state index contributed by atoms with van der Waals surface area (Å²) in [5.41, 5.74) is 0. The second kappa shape index (κ2) is 14.9. The lowest BCUT2D eigenvalue weighted by Gasteiger charge is -2.32. The van der Waals surface area contributed by atoms with Gasteiger partial charge in [0.15, 0.2) is 5.96 Å². The average Bonchev–Trinajstić information content (AvgIpc) is 3.15. The van der Waals surface area contributed by atoms with E-state index in [2.05, 4.69) is 27.4 Å². The minimum atomic E-state index is 0. The number of ether oxygens (including phenoxy) is 2. The highest BCUT2D eigenvalue weighted by Crippen LogP contribution is 2.16. The fraction of sp³-hybridized carbons (Fsp3) is 0.947. The highest BCUT2D eigenvalue weighted by atomic mass is 127. The second-order valence-electron chi connectivity index (χ2n) is 7.23. The molecule has 7 heteroatoms. The summed E-state index contributed by atoms with van der Waals surface area (Å²) in [4.78, 5) is 6.90. The first kappa shape index (κ1) is 23.9. The Hall–Kier alpha value is -0.120. The summed E-state index contributed by atoms with van der Waals surface area (Å²) in [6, 6.07) is 0. The molecule has 0 amide bonds. The molecule has 0 saturated carbocycles. The summed E-state index contributed by atoms with van der Waals surface area (Å²) < 4.78 is 11.2. The molecule has 0 bridgehead atoms. The van der Waals surface area contributed by atoms with Crippen molar-refractivity contribution in [3.05, 3.63) is 0 Å². The Labute approximate surface area is 176 Å². The molecule has 1 unspecified atom stereocenters. The summed E-state index contributed by atoms with van der Waals surface area (Å²) >= 11 is 0. The van der Waals surface area contributed by atoms with E-state index >= 15 is 0 Å². The van der Waals surface area contributed by atoms with Crippen molar-refractivity contribution in [1.82, 2.24) is 15.5 Å². The Morgan fingerprint density at radius 1 is 1.23 bits per heavy atom. The summed E-state index contributed by atoms with van der Waals surface area (Å²) in [5.74, 6) is 1.68. The Morgan fingerprint density at radius 2 is 2.04 bits per heavy atom. The number of hydrogen-bond acceptors (Lipinski definition) is 4. The standard InChI is InChI=1S/C19H38N4O2.HI/c1-3-10-23-11-7-17(8-12-23)15-22-19(20-2)21-9-5-13-24-16-18-6-4-14-25-18;/h17-18H,3-16H2,1-2H3,(H2,20,21,22);1H. The van der Waals surface area contributed by atoms with Crippen LogP contribution in [0.1, 0.15) is 45.4 Å². The third-order valence-electron chi connectivity index (χ3n) is 5.11. The fourth-order valence-electron chi connectivity index (χ4n) is 3.56. The van der Waals surface area contributed by atoms with Gasteiger partial charge in [-0.3, -0.25) is 4.99 Å². The largest absolute Gasteiger partial charge is 0.379 e. The molecule has 2 aliphatic rings. The van der Waals surface area contributed by atoms with Crippen LogP contribution in [-0.2, 0) is 9.47 Å². The van der Waals surface area contributed by atoms with Crippen molar-refractivity contribution >= 4 is 29.9 Å². The molecular formula is C19H39IN4O2. The van der Waals surface area contributed by atoms with Crippen LogP contribution in [0, 0.1) is 5.92 Å². The monoisotopic (exact) mass is 482 g/mol. The molecule has 26 heavy (non-hydrogen) atoms. The lowest BCUT2D eigenvalue weighted by Crippen LogP contribution is -2.43. The maximum absolute atomic E-state index is 5.69. The van der Waals surface area contributed by atoms with Gasteiger partial charge in [0.25, 0.3) is 0 Å². The van der Waals surface area contributed by atoms with Crippen LogP contribution >= 0.6 is 24.0 Å². The van der Waals surface area contributed by atoms with Gasteiger partial charge >= 0.3 is 0 Å². The number of nitrogens with zero attached hydrogens (tertiary/aromatic N) is 2. The quantitative estimate of drug-likeness (QED) is 0.217. The summed E-state index contributed by atoms with van der Waals surface area (Å²) in [6.07, 6.45) is 7.48. The molecule has 0 spiro atoms. The molecule has 2 fully saturated rings. The lowest BCUT2D eigenvalue weighted by molar-refractivity contribution is 0.0168. The maximum Gasteiger partial charge on any atom is 0.190 e. The van der Waals surface area contributed by atoms with Gasteiger partial charge < -0.3 is 25.0 Å². The van der Waals surface area contributed by atoms with Crippen LogP contribution < -0.4 is 10.6 Å². The normalized spacial score (nSPS) is 22.2. The van der Waals surface area contributed by atoms with Gasteiger partial charge in [-0.15, -0.1) is 24.0 Å². The minimum Gasteiger partial charge on any atom is -0.379 e. The average molecular weight is 482 g/mol. The van der Waals surface area contributed by atoms with Gasteiger partial charge in [-0.05, 0) is 64.1 Å². The molecule has 0 aromatic rings. The van der Waals surface area contributed by atoms with E-state index in [4.69, 9.17) is 9.47 Å². The molecule has 0 radical (unpaired) electrons. The Bertz CT molecular complexity index is 371. The second-order valence-corrected chi connectivity index (χ2v) is 7.23. The molecule has 2 N–H and O–H groups in total. The predicted molar refractivity (Wildman–Crippen MR) is 119 cm³/mol. The third-order valence-corrected chi connectivity index (χ3v) is 5.11. The van der Waals surface area contributed by atoms with E-state index in [-0.39, 0.29) is 24.0 Å². The van der Waals surface area contributed by atoms with Gasteiger partial charge in [-0.1, -0.05) is 6.92 Å². The molecule has 1 atom stereocenters. The van der Waals surface area contributed by atoms with Crippen LogP contribution in [0.4, 0.5) is 0 Å². The number of halogens is 1. The van der Waals surface area contributed by atoms with Gasteiger partial charge in [-0.25, -0.2) is 0 Å². The SMILES string of the molecule is CCCN1CCC(CNC(=NC)NCCCOCC2CCCO2)CC1.I. The summed E-state index contributed by atoms with van der Waals surface area (Å²) in [5, 5.41) is 6.86. The summed E-state index contributed by atoms with van der Waals surface area (Å²) in [6.45, 7) is 10.3. The van der Waals surface area contributed by atoms with Gasteiger partial charge in [0.2, 0.25) is 0 Å². The molecule has 0 aromatic heterocycles. The van der Waals surface area contributed by atoms with Crippen molar-refractivity contribution in [3.63, 3.8) is 0 Å². The van der Waals surface area contributed by atoms with E-state index in [0.717, 1.165) is 57.6 Å². The van der Waals surface area contributed by atoms with E-state index in [9.17, 15) is 0 Å². The zero-order valence-corrected chi connectivity index (χ0v) is 19.0. The van der Waals surface area contributed by atoms with Crippen molar-refractivity contribution in [2.24, 2.45) is 10.9 Å². The molecule has 2 heterocycles. The molecule has 154 valence electrons. The van der Waals surface area contributed by atoms with Gasteiger partial charge in [0.1, 0.15) is 0 Å². The molecule has 6 nitrogen and oxygen atoms in total. The topological polar surface area (TPSA) is 58.1 Å². The van der Waals surface area contributed by atoms with E-state index in [1.165, 1.54) is 45.3 Å². The highest BCUT2D eigenvalue weighted by Gasteiger charge is 2.18. The van der Waals surface area contributed by atoms with Gasteiger partial charge in [-0.2, -0.15) is 0 Å². The smallest absolute Gasteiger partial charge is 0.190 e. The fourth-order valence-corrected chi connectivity index (χ4v) is 3.56. The number of hydrogen-bond donors (Lipinski definition) is 2. The molecule has 2 rings (SSSR count). The van der Waals surface area contributed by atoms with Crippen LogP contribution in [0.25, 0.3) is 0 Å². The van der Waals surface area contributed by atoms with Gasteiger partial charge in [0.05, 0.1) is 12.7 Å². The molecule has 0 aliphatic carbocycles. The number of guanidine groups is 1. The Balaban J connectivity index is 0.00000338. The molecule has 2 saturated heterocycles. The molecule has 2 aliphatic heterocycles. The zero-order valence-electron chi connectivity index (χ0n) is 16.7. The molecular weight excluding hydrogens is 443 g/mol.